The number of carboxylic acids is 1. The van der Waals surface area contributed by atoms with Crippen LogP contribution in [0.3, 0.4) is 0 Å². The molecule has 0 aromatic heterocycles. The van der Waals surface area contributed by atoms with Gasteiger partial charge in [-0.15, -0.1) is 0 Å². The Bertz CT molecular complexity index is 817. The zero-order valence-electron chi connectivity index (χ0n) is 13.1. The Morgan fingerprint density at radius 1 is 1.28 bits per heavy atom. The average Bonchev–Trinajstić information content (AvgIpc) is 2.80. The fraction of sp³-hybridized carbons (Fsp3) is 0.312. The van der Waals surface area contributed by atoms with Crippen LogP contribution in [0.1, 0.15) is 40.5 Å². The molecule has 3 rings (SSSR count). The van der Waals surface area contributed by atoms with Crippen molar-refractivity contribution in [2.75, 3.05) is 0 Å². The number of carbonyl (C=O) groups is 5. The van der Waals surface area contributed by atoms with Crippen molar-refractivity contribution in [2.24, 2.45) is 0 Å². The van der Waals surface area contributed by atoms with E-state index in [0.29, 0.717) is 0 Å². The number of imide groups is 2. The minimum atomic E-state index is -1.23. The molecule has 1 saturated heterocycles. The number of hydrogen-bond acceptors (Lipinski definition) is 6. The summed E-state index contributed by atoms with van der Waals surface area (Å²) in [6, 6.07) is 3.16. The van der Waals surface area contributed by atoms with E-state index < -0.39 is 41.7 Å². The number of nitrogens with zero attached hydrogens (tertiary/aromatic N) is 1. The van der Waals surface area contributed by atoms with Crippen LogP contribution in [0.25, 0.3) is 0 Å². The fourth-order valence-corrected chi connectivity index (χ4v) is 2.82. The lowest BCUT2D eigenvalue weighted by Crippen LogP contribution is -2.54. The molecule has 2 atom stereocenters. The molecule has 130 valence electrons. The van der Waals surface area contributed by atoms with Gasteiger partial charge in [-0.1, -0.05) is 6.07 Å². The van der Waals surface area contributed by atoms with Gasteiger partial charge < -0.3 is 9.84 Å². The highest BCUT2D eigenvalue weighted by molar-refractivity contribution is 6.24. The molecule has 1 unspecified atom stereocenters. The van der Waals surface area contributed by atoms with Gasteiger partial charge in [0.2, 0.25) is 11.8 Å². The summed E-state index contributed by atoms with van der Waals surface area (Å²) in [5.74, 6) is -3.87. The van der Waals surface area contributed by atoms with E-state index in [2.05, 4.69) is 5.32 Å². The summed E-state index contributed by atoms with van der Waals surface area (Å²) in [7, 11) is 0. The van der Waals surface area contributed by atoms with Crippen LogP contribution in [-0.4, -0.2) is 51.8 Å². The molecule has 1 fully saturated rings. The van der Waals surface area contributed by atoms with Gasteiger partial charge in [-0.2, -0.15) is 0 Å². The number of rotatable bonds is 4. The topological polar surface area (TPSA) is 130 Å². The quantitative estimate of drug-likeness (QED) is 0.730. The predicted octanol–water partition coefficient (Wildman–Crippen LogP) is -0.0603. The SMILES string of the molecule is CC(Oc1cccc2c1C(=O)N([C@@H]1CCC(=O)NC1=O)C2=O)C(=O)O. The lowest BCUT2D eigenvalue weighted by Gasteiger charge is -2.27. The Labute approximate surface area is 141 Å². The Kier molecular flexibility index (Phi) is 3.99. The van der Waals surface area contributed by atoms with Gasteiger partial charge >= 0.3 is 5.97 Å². The second-order valence-electron chi connectivity index (χ2n) is 5.72. The molecule has 25 heavy (non-hydrogen) atoms. The van der Waals surface area contributed by atoms with Gasteiger partial charge in [0, 0.05) is 6.42 Å². The lowest BCUT2D eigenvalue weighted by molar-refractivity contribution is -0.144. The van der Waals surface area contributed by atoms with E-state index in [1.54, 1.807) is 0 Å². The number of piperidine rings is 1. The zero-order valence-corrected chi connectivity index (χ0v) is 13.1. The standard InChI is InChI=1S/C16H14N2O7/c1-7(16(23)24)25-10-4-2-3-8-12(10)15(22)18(14(8)21)9-5-6-11(19)17-13(9)20/h2-4,7,9H,5-6H2,1H3,(H,23,24)(H,17,19,20)/t7?,9-/m1/s1. The number of fused-ring (bicyclic) bond motifs is 1. The normalized spacial score (nSPS) is 21.0. The summed E-state index contributed by atoms with van der Waals surface area (Å²) in [4.78, 5) is 60.3. The Morgan fingerprint density at radius 3 is 2.64 bits per heavy atom. The van der Waals surface area contributed by atoms with Crippen LogP contribution in [0.4, 0.5) is 0 Å². The first kappa shape index (κ1) is 16.6. The van der Waals surface area contributed by atoms with E-state index in [0.717, 1.165) is 4.90 Å². The van der Waals surface area contributed by atoms with E-state index in [4.69, 9.17) is 9.84 Å². The molecule has 4 amide bonds. The Hall–Kier alpha value is -3.23. The summed E-state index contributed by atoms with van der Waals surface area (Å²) >= 11 is 0. The molecule has 9 nitrogen and oxygen atoms in total. The number of nitrogens with one attached hydrogen (secondary N) is 1. The van der Waals surface area contributed by atoms with Crippen LogP contribution >= 0.6 is 0 Å². The molecule has 9 heteroatoms. The van der Waals surface area contributed by atoms with Crippen molar-refractivity contribution in [1.29, 1.82) is 0 Å². The highest BCUT2D eigenvalue weighted by Crippen LogP contribution is 2.34. The maximum atomic E-state index is 12.7. The summed E-state index contributed by atoms with van der Waals surface area (Å²) in [5.41, 5.74) is -0.0462. The monoisotopic (exact) mass is 346 g/mol. The lowest BCUT2D eigenvalue weighted by atomic mass is 10.0. The maximum Gasteiger partial charge on any atom is 0.344 e. The first-order valence-electron chi connectivity index (χ1n) is 7.55. The molecule has 2 N–H and O–H groups in total. The smallest absolute Gasteiger partial charge is 0.344 e. The average molecular weight is 346 g/mol. The van der Waals surface area contributed by atoms with Crippen molar-refractivity contribution in [2.45, 2.75) is 31.9 Å². The Morgan fingerprint density at radius 2 is 2.00 bits per heavy atom. The summed E-state index contributed by atoms with van der Waals surface area (Å²) in [6.07, 6.45) is -1.17. The number of aliphatic carboxylic acids is 1. The first-order chi connectivity index (χ1) is 11.8. The number of hydrogen-bond donors (Lipinski definition) is 2. The highest BCUT2D eigenvalue weighted by atomic mass is 16.5. The van der Waals surface area contributed by atoms with Gasteiger partial charge in [-0.3, -0.25) is 29.4 Å². The zero-order chi connectivity index (χ0) is 18.3. The van der Waals surface area contributed by atoms with Crippen LogP contribution in [0.2, 0.25) is 0 Å². The van der Waals surface area contributed by atoms with E-state index in [1.165, 1.54) is 25.1 Å². The molecule has 0 saturated carbocycles. The summed E-state index contributed by atoms with van der Waals surface area (Å²) in [5, 5.41) is 11.1. The number of carbonyl (C=O) groups excluding carboxylic acids is 4. The van der Waals surface area contributed by atoms with Crippen molar-refractivity contribution < 1.29 is 33.8 Å². The molecule has 0 spiro atoms. The summed E-state index contributed by atoms with van der Waals surface area (Å²) < 4.78 is 5.26. The van der Waals surface area contributed by atoms with Crippen LogP contribution in [0.15, 0.2) is 18.2 Å². The van der Waals surface area contributed by atoms with Gasteiger partial charge in [0.25, 0.3) is 11.8 Å². The van der Waals surface area contributed by atoms with Crippen molar-refractivity contribution in [3.05, 3.63) is 29.3 Å². The Balaban J connectivity index is 1.95. The van der Waals surface area contributed by atoms with Crippen LogP contribution in [0.5, 0.6) is 5.75 Å². The molecule has 2 aliphatic rings. The number of carboxylic acid groups (broad SMARTS) is 1. The second kappa shape index (κ2) is 6.00. The van der Waals surface area contributed by atoms with Crippen molar-refractivity contribution >= 4 is 29.6 Å². The first-order valence-corrected chi connectivity index (χ1v) is 7.55. The molecule has 2 aliphatic heterocycles. The number of amides is 4. The molecule has 0 aliphatic carbocycles. The third-order valence-corrected chi connectivity index (χ3v) is 4.08. The second-order valence-corrected chi connectivity index (χ2v) is 5.72. The fourth-order valence-electron chi connectivity index (χ4n) is 2.82. The van der Waals surface area contributed by atoms with Gasteiger partial charge in [0.1, 0.15) is 11.8 Å². The van der Waals surface area contributed by atoms with Crippen LogP contribution in [0, 0.1) is 0 Å². The molecule has 0 radical (unpaired) electrons. The largest absolute Gasteiger partial charge is 0.479 e. The minimum Gasteiger partial charge on any atom is -0.479 e. The molecule has 1 aromatic carbocycles. The van der Waals surface area contributed by atoms with Gasteiger partial charge in [0.05, 0.1) is 11.1 Å². The van der Waals surface area contributed by atoms with E-state index in [1.807, 2.05) is 0 Å². The van der Waals surface area contributed by atoms with Crippen molar-refractivity contribution in [3.8, 4) is 5.75 Å². The van der Waals surface area contributed by atoms with Crippen molar-refractivity contribution in [3.63, 3.8) is 0 Å². The predicted molar refractivity (Wildman–Crippen MR) is 80.8 cm³/mol. The molecular formula is C16H14N2O7. The van der Waals surface area contributed by atoms with E-state index in [-0.39, 0.29) is 29.7 Å². The van der Waals surface area contributed by atoms with E-state index in [9.17, 15) is 24.0 Å². The van der Waals surface area contributed by atoms with Gasteiger partial charge in [0.15, 0.2) is 6.10 Å². The maximum absolute atomic E-state index is 12.7. The third kappa shape index (κ3) is 2.73. The van der Waals surface area contributed by atoms with Gasteiger partial charge in [-0.05, 0) is 25.5 Å². The minimum absolute atomic E-state index is 0.0171. The molecular weight excluding hydrogens is 332 g/mol. The third-order valence-electron chi connectivity index (χ3n) is 4.08. The van der Waals surface area contributed by atoms with E-state index >= 15 is 0 Å². The van der Waals surface area contributed by atoms with Gasteiger partial charge in [-0.25, -0.2) is 4.79 Å². The number of benzene rings is 1. The molecule has 0 bridgehead atoms. The highest BCUT2D eigenvalue weighted by Gasteiger charge is 2.46. The van der Waals surface area contributed by atoms with Crippen molar-refractivity contribution in [1.82, 2.24) is 10.2 Å². The molecule has 2 heterocycles. The summed E-state index contributed by atoms with van der Waals surface area (Å²) in [6.45, 7) is 1.29. The molecule has 1 aromatic rings. The number of ether oxygens (including phenoxy) is 1. The van der Waals surface area contributed by atoms with Crippen LogP contribution in [-0.2, 0) is 14.4 Å². The van der Waals surface area contributed by atoms with Crippen LogP contribution < -0.4 is 10.1 Å².